The summed E-state index contributed by atoms with van der Waals surface area (Å²) in [4.78, 5) is 11.8. The minimum absolute atomic E-state index is 0.00834. The highest BCUT2D eigenvalue weighted by atomic mass is 16.5. The van der Waals surface area contributed by atoms with Gasteiger partial charge in [0, 0.05) is 6.42 Å². The summed E-state index contributed by atoms with van der Waals surface area (Å²) in [6.45, 7) is 6.30. The van der Waals surface area contributed by atoms with Crippen LogP contribution in [0, 0.1) is 5.92 Å². The molecule has 1 atom stereocenters. The molecule has 0 saturated heterocycles. The number of phenols is 1. The van der Waals surface area contributed by atoms with Crippen LogP contribution in [0.25, 0.3) is 6.08 Å². The molecule has 156 valence electrons. The summed E-state index contributed by atoms with van der Waals surface area (Å²) in [7, 11) is 0. The molecule has 1 heterocycles. The van der Waals surface area contributed by atoms with Gasteiger partial charge >= 0.3 is 5.97 Å². The summed E-state index contributed by atoms with van der Waals surface area (Å²) in [5.41, 5.74) is 1.98. The van der Waals surface area contributed by atoms with Gasteiger partial charge in [0.1, 0.15) is 22.7 Å². The van der Waals surface area contributed by atoms with Crippen LogP contribution in [-0.4, -0.2) is 21.8 Å². The Bertz CT molecular complexity index is 852. The highest BCUT2D eigenvalue weighted by Gasteiger charge is 2.37. The number of carboxylic acids is 1. The molecular formula is C25H32O4. The van der Waals surface area contributed by atoms with Gasteiger partial charge in [-0.3, -0.25) is 0 Å². The first kappa shape index (κ1) is 21.2. The van der Waals surface area contributed by atoms with Crippen molar-refractivity contribution in [1.29, 1.82) is 0 Å². The van der Waals surface area contributed by atoms with E-state index in [9.17, 15) is 15.0 Å². The van der Waals surface area contributed by atoms with Crippen LogP contribution < -0.4 is 4.74 Å². The Hall–Kier alpha value is -2.49. The first-order chi connectivity index (χ1) is 13.8. The van der Waals surface area contributed by atoms with E-state index in [1.54, 1.807) is 0 Å². The summed E-state index contributed by atoms with van der Waals surface area (Å²) in [5.74, 6) is -0.226. The Morgan fingerprint density at radius 1 is 1.28 bits per heavy atom. The fourth-order valence-electron chi connectivity index (χ4n) is 4.01. The van der Waals surface area contributed by atoms with E-state index in [0.29, 0.717) is 29.2 Å². The number of unbranched alkanes of at least 4 members (excludes halogenated alkanes) is 2. The maximum absolute atomic E-state index is 11.8. The number of rotatable bonds is 10. The van der Waals surface area contributed by atoms with E-state index in [1.807, 2.05) is 18.2 Å². The van der Waals surface area contributed by atoms with Gasteiger partial charge in [-0.2, -0.15) is 0 Å². The van der Waals surface area contributed by atoms with Crippen molar-refractivity contribution >= 4 is 12.0 Å². The Balaban J connectivity index is 1.94. The van der Waals surface area contributed by atoms with E-state index in [4.69, 9.17) is 4.74 Å². The lowest BCUT2D eigenvalue weighted by molar-refractivity contribution is 0.0691. The third-order valence-corrected chi connectivity index (χ3v) is 5.68. The molecule has 1 unspecified atom stereocenters. The average molecular weight is 397 g/mol. The Morgan fingerprint density at radius 2 is 2.03 bits per heavy atom. The molecule has 3 rings (SSSR count). The number of carboxylic acid groups (broad SMARTS) is 1. The van der Waals surface area contributed by atoms with Gasteiger partial charge in [0.15, 0.2) is 0 Å². The predicted molar refractivity (Wildman–Crippen MR) is 117 cm³/mol. The standard InChI is InChI=1S/C25H32O4/c1-4-5-6-9-19-15-21-20(23(26)22(19)24(27)28)12-14-25(29-21,16-18-10-11-18)13-7-8-17(2)3/h8,10-12,14-15,18,26H,4-7,9,13,16H2,1-3H3,(H,27,28). The second-order valence-corrected chi connectivity index (χ2v) is 8.51. The molecule has 2 aliphatic rings. The predicted octanol–water partition coefficient (Wildman–Crippen LogP) is 6.29. The molecule has 0 bridgehead atoms. The highest BCUT2D eigenvalue weighted by Crippen LogP contribution is 2.45. The second-order valence-electron chi connectivity index (χ2n) is 8.51. The van der Waals surface area contributed by atoms with Crippen LogP contribution in [0.1, 0.15) is 80.8 Å². The molecule has 0 amide bonds. The highest BCUT2D eigenvalue weighted by molar-refractivity contribution is 5.95. The number of hydrogen-bond donors (Lipinski definition) is 2. The third-order valence-electron chi connectivity index (χ3n) is 5.68. The second kappa shape index (κ2) is 8.89. The molecule has 29 heavy (non-hydrogen) atoms. The lowest BCUT2D eigenvalue weighted by Crippen LogP contribution is -2.36. The van der Waals surface area contributed by atoms with Crippen molar-refractivity contribution in [2.24, 2.45) is 5.92 Å². The summed E-state index contributed by atoms with van der Waals surface area (Å²) >= 11 is 0. The number of allylic oxidation sites excluding steroid dienone is 4. The molecule has 0 radical (unpaired) electrons. The van der Waals surface area contributed by atoms with Gasteiger partial charge in [0.2, 0.25) is 0 Å². The molecule has 4 nitrogen and oxygen atoms in total. The molecule has 0 saturated carbocycles. The van der Waals surface area contributed by atoms with E-state index in [2.05, 4.69) is 39.0 Å². The van der Waals surface area contributed by atoms with Crippen molar-refractivity contribution in [2.75, 3.05) is 0 Å². The maximum atomic E-state index is 11.8. The van der Waals surface area contributed by atoms with E-state index < -0.39 is 11.6 Å². The van der Waals surface area contributed by atoms with Crippen molar-refractivity contribution in [3.8, 4) is 11.5 Å². The van der Waals surface area contributed by atoms with Gasteiger partial charge in [-0.15, -0.1) is 0 Å². The lowest BCUT2D eigenvalue weighted by Gasteiger charge is -2.36. The first-order valence-corrected chi connectivity index (χ1v) is 10.7. The van der Waals surface area contributed by atoms with Crippen molar-refractivity contribution in [3.05, 3.63) is 52.6 Å². The Labute approximate surface area is 173 Å². The smallest absolute Gasteiger partial charge is 0.339 e. The monoisotopic (exact) mass is 396 g/mol. The summed E-state index contributed by atoms with van der Waals surface area (Å²) < 4.78 is 6.51. The van der Waals surface area contributed by atoms with Crippen LogP contribution in [0.4, 0.5) is 0 Å². The molecule has 4 heteroatoms. The molecule has 0 fully saturated rings. The number of ether oxygens (including phenoxy) is 1. The zero-order valence-electron chi connectivity index (χ0n) is 17.7. The van der Waals surface area contributed by atoms with Gasteiger partial charge in [0.25, 0.3) is 0 Å². The van der Waals surface area contributed by atoms with Crippen LogP contribution in [0.5, 0.6) is 11.5 Å². The summed E-state index contributed by atoms with van der Waals surface area (Å²) in [6.07, 6.45) is 16.7. The quantitative estimate of drug-likeness (QED) is 0.360. The normalized spacial score (nSPS) is 19.6. The number of carbonyl (C=O) groups is 1. The van der Waals surface area contributed by atoms with Crippen LogP contribution in [0.3, 0.4) is 0 Å². The molecule has 1 aromatic carbocycles. The van der Waals surface area contributed by atoms with Crippen molar-refractivity contribution in [2.45, 2.75) is 71.3 Å². The maximum Gasteiger partial charge on any atom is 0.339 e. The molecule has 0 spiro atoms. The van der Waals surface area contributed by atoms with E-state index in [0.717, 1.165) is 38.5 Å². The van der Waals surface area contributed by atoms with Crippen molar-refractivity contribution in [3.63, 3.8) is 0 Å². The van der Waals surface area contributed by atoms with Crippen LogP contribution in [0.15, 0.2) is 35.9 Å². The Morgan fingerprint density at radius 3 is 2.66 bits per heavy atom. The number of aromatic carboxylic acids is 1. The van der Waals surface area contributed by atoms with Gasteiger partial charge in [-0.05, 0) is 69.2 Å². The van der Waals surface area contributed by atoms with Crippen molar-refractivity contribution in [1.82, 2.24) is 0 Å². The van der Waals surface area contributed by atoms with Gasteiger partial charge in [-0.25, -0.2) is 4.79 Å². The van der Waals surface area contributed by atoms with E-state index >= 15 is 0 Å². The lowest BCUT2D eigenvalue weighted by atomic mass is 9.86. The molecule has 1 aromatic rings. The fourth-order valence-corrected chi connectivity index (χ4v) is 4.01. The van der Waals surface area contributed by atoms with Crippen molar-refractivity contribution < 1.29 is 19.7 Å². The average Bonchev–Trinajstić information content (AvgIpc) is 3.45. The van der Waals surface area contributed by atoms with Gasteiger partial charge in [0.05, 0.1) is 5.56 Å². The molecule has 2 N–H and O–H groups in total. The fraction of sp³-hybridized carbons (Fsp3) is 0.480. The number of aryl methyl sites for hydroxylation is 1. The molecule has 0 aromatic heterocycles. The van der Waals surface area contributed by atoms with E-state index in [1.165, 1.54) is 5.57 Å². The Kier molecular flexibility index (Phi) is 6.51. The molecule has 1 aliphatic carbocycles. The van der Waals surface area contributed by atoms with E-state index in [-0.39, 0.29) is 11.3 Å². The summed E-state index contributed by atoms with van der Waals surface area (Å²) in [5, 5.41) is 20.4. The van der Waals surface area contributed by atoms with Crippen LogP contribution in [-0.2, 0) is 6.42 Å². The number of fused-ring (bicyclic) bond motifs is 1. The topological polar surface area (TPSA) is 66.8 Å². The van der Waals surface area contributed by atoms with Gasteiger partial charge < -0.3 is 14.9 Å². The van der Waals surface area contributed by atoms with Crippen LogP contribution in [0.2, 0.25) is 0 Å². The SMILES string of the molecule is CCCCCc1cc2c(c(O)c1C(=O)O)C=CC(CCC=C(C)C)(CC1C=C1)O2. The third kappa shape index (κ3) is 5.11. The number of aromatic hydroxyl groups is 1. The zero-order valence-corrected chi connectivity index (χ0v) is 17.7. The number of benzene rings is 1. The summed E-state index contributed by atoms with van der Waals surface area (Å²) in [6, 6.07) is 1.84. The minimum Gasteiger partial charge on any atom is -0.506 e. The molecular weight excluding hydrogens is 364 g/mol. The van der Waals surface area contributed by atoms with Gasteiger partial charge in [-0.1, -0.05) is 43.6 Å². The molecule has 1 aliphatic heterocycles. The van der Waals surface area contributed by atoms with Crippen LogP contribution >= 0.6 is 0 Å². The largest absolute Gasteiger partial charge is 0.506 e. The zero-order chi connectivity index (χ0) is 21.0. The first-order valence-electron chi connectivity index (χ1n) is 10.7. The minimum atomic E-state index is -1.09. The number of hydrogen-bond acceptors (Lipinski definition) is 3.